The van der Waals surface area contributed by atoms with E-state index in [4.69, 9.17) is 14.2 Å². The molecule has 0 aliphatic rings. The van der Waals surface area contributed by atoms with Crippen LogP contribution in [-0.2, 0) is 23.8 Å². The SMILES string of the molecule is CC/C=C\C/C=C\C/C=C\C/C=C\C/C=C\CC(=O)OCC(COCCC/C=C\C/C=C\C/C=C\C/C=C\CC)OC(=O)CCCCCCC/C=C\CCCCCCCC. The van der Waals surface area contributed by atoms with Gasteiger partial charge in [-0.15, -0.1) is 0 Å². The number of hydrogen-bond donors (Lipinski definition) is 0. The number of carbonyl (C=O) groups excluding carboxylic acids is 2. The van der Waals surface area contributed by atoms with Crippen molar-refractivity contribution in [2.75, 3.05) is 19.8 Å². The highest BCUT2D eigenvalue weighted by atomic mass is 16.6. The molecular weight excluding hydrogens is 741 g/mol. The Labute approximate surface area is 369 Å². The third-order valence-electron chi connectivity index (χ3n) is 9.50. The molecule has 0 saturated carbocycles. The monoisotopic (exact) mass is 829 g/mol. The zero-order chi connectivity index (χ0) is 43.5. The summed E-state index contributed by atoms with van der Waals surface area (Å²) in [6.07, 6.45) is 69.5. The highest BCUT2D eigenvalue weighted by Crippen LogP contribution is 2.11. The van der Waals surface area contributed by atoms with Gasteiger partial charge in [-0.1, -0.05) is 194 Å². The van der Waals surface area contributed by atoms with E-state index in [9.17, 15) is 9.59 Å². The number of unbranched alkanes of at least 4 members (excludes halogenated alkanes) is 12. The van der Waals surface area contributed by atoms with Crippen LogP contribution in [0.5, 0.6) is 0 Å². The molecule has 0 radical (unpaired) electrons. The van der Waals surface area contributed by atoms with Gasteiger partial charge >= 0.3 is 11.9 Å². The molecule has 5 heteroatoms. The molecule has 0 aliphatic carbocycles. The molecule has 0 aromatic carbocycles. The minimum Gasteiger partial charge on any atom is -0.461 e. The summed E-state index contributed by atoms with van der Waals surface area (Å²) >= 11 is 0. The van der Waals surface area contributed by atoms with Gasteiger partial charge in [0.15, 0.2) is 6.10 Å². The van der Waals surface area contributed by atoms with Crippen LogP contribution in [0.3, 0.4) is 0 Å². The Balaban J connectivity index is 4.52. The Hall–Kier alpha value is -3.70. The highest BCUT2D eigenvalue weighted by Gasteiger charge is 2.17. The lowest BCUT2D eigenvalue weighted by atomic mass is 10.1. The average Bonchev–Trinajstić information content (AvgIpc) is 3.25. The van der Waals surface area contributed by atoms with Gasteiger partial charge in [-0.3, -0.25) is 9.59 Å². The lowest BCUT2D eigenvalue weighted by Crippen LogP contribution is -2.30. The zero-order valence-electron chi connectivity index (χ0n) is 38.7. The molecule has 0 saturated heterocycles. The number of allylic oxidation sites excluding steroid dienone is 19. The molecule has 1 unspecified atom stereocenters. The molecular formula is C55H88O5. The van der Waals surface area contributed by atoms with E-state index in [0.717, 1.165) is 96.3 Å². The van der Waals surface area contributed by atoms with Gasteiger partial charge in [0.2, 0.25) is 0 Å². The average molecular weight is 829 g/mol. The first kappa shape index (κ1) is 56.3. The van der Waals surface area contributed by atoms with Gasteiger partial charge in [0.25, 0.3) is 0 Å². The molecule has 5 nitrogen and oxygen atoms in total. The Morgan fingerprint density at radius 2 is 0.800 bits per heavy atom. The Bertz CT molecular complexity index is 1260. The van der Waals surface area contributed by atoms with Gasteiger partial charge in [0.05, 0.1) is 13.0 Å². The number of hydrogen-bond acceptors (Lipinski definition) is 5. The van der Waals surface area contributed by atoms with Crippen LogP contribution in [0.15, 0.2) is 122 Å². The van der Waals surface area contributed by atoms with E-state index >= 15 is 0 Å². The highest BCUT2D eigenvalue weighted by molar-refractivity contribution is 5.71. The Morgan fingerprint density at radius 1 is 0.400 bits per heavy atom. The number of esters is 2. The fourth-order valence-electron chi connectivity index (χ4n) is 5.99. The van der Waals surface area contributed by atoms with Crippen LogP contribution in [0, 0.1) is 0 Å². The van der Waals surface area contributed by atoms with Gasteiger partial charge in [-0.05, 0) is 103 Å². The first-order chi connectivity index (χ1) is 29.6. The van der Waals surface area contributed by atoms with E-state index in [-0.39, 0.29) is 31.6 Å². The molecule has 60 heavy (non-hydrogen) atoms. The van der Waals surface area contributed by atoms with Gasteiger partial charge in [0, 0.05) is 13.0 Å². The van der Waals surface area contributed by atoms with Crippen LogP contribution in [0.4, 0.5) is 0 Å². The van der Waals surface area contributed by atoms with Crippen LogP contribution in [0.2, 0.25) is 0 Å². The zero-order valence-corrected chi connectivity index (χ0v) is 38.7. The van der Waals surface area contributed by atoms with Crippen LogP contribution in [0.25, 0.3) is 0 Å². The summed E-state index contributed by atoms with van der Waals surface area (Å²) in [7, 11) is 0. The Morgan fingerprint density at radius 3 is 1.30 bits per heavy atom. The standard InChI is InChI=1S/C55H88O5/c1-4-7-10-13-16-19-22-25-28-30-33-36-39-42-45-48-54(56)59-52-53(51-58-50-47-44-41-38-35-32-27-24-21-18-15-12-9-6-3)60-55(57)49-46-43-40-37-34-31-29-26-23-20-17-14-11-8-5-2/h7,9-10,12,16,18-19,21,25-29,32-33,36,38,41-42,45,53H,4-6,8,11,13-15,17,20,22-24,30-31,34-35,37,39-40,43-44,46-52H2,1-3H3/b10-7-,12-9-,19-16-,21-18-,28-25-,29-26-,32-27-,36-33-,41-38-,45-42-. The third-order valence-corrected chi connectivity index (χ3v) is 9.50. The summed E-state index contributed by atoms with van der Waals surface area (Å²) in [5.74, 6) is -0.594. The molecule has 0 N–H and O–H groups in total. The van der Waals surface area contributed by atoms with Crippen molar-refractivity contribution in [1.29, 1.82) is 0 Å². The topological polar surface area (TPSA) is 61.8 Å². The van der Waals surface area contributed by atoms with E-state index in [1.807, 2.05) is 12.2 Å². The maximum absolute atomic E-state index is 12.8. The molecule has 0 heterocycles. The molecule has 338 valence electrons. The smallest absolute Gasteiger partial charge is 0.309 e. The van der Waals surface area contributed by atoms with Crippen molar-refractivity contribution in [3.05, 3.63) is 122 Å². The molecule has 0 aromatic rings. The second-order valence-electron chi connectivity index (χ2n) is 15.3. The summed E-state index contributed by atoms with van der Waals surface area (Å²) < 4.78 is 17.2. The minimum absolute atomic E-state index is 0.00147. The van der Waals surface area contributed by atoms with E-state index in [1.165, 1.54) is 57.8 Å². The summed E-state index contributed by atoms with van der Waals surface area (Å²) in [4.78, 5) is 25.3. The summed E-state index contributed by atoms with van der Waals surface area (Å²) in [5.41, 5.74) is 0. The molecule has 0 rings (SSSR count). The van der Waals surface area contributed by atoms with Crippen LogP contribution in [-0.4, -0.2) is 37.9 Å². The fraction of sp³-hybridized carbons (Fsp3) is 0.600. The molecule has 0 aromatic heterocycles. The molecule has 0 amide bonds. The maximum atomic E-state index is 12.8. The minimum atomic E-state index is -0.615. The second-order valence-corrected chi connectivity index (χ2v) is 15.3. The van der Waals surface area contributed by atoms with Gasteiger partial charge in [-0.2, -0.15) is 0 Å². The first-order valence-corrected chi connectivity index (χ1v) is 24.1. The van der Waals surface area contributed by atoms with Crippen molar-refractivity contribution in [2.24, 2.45) is 0 Å². The van der Waals surface area contributed by atoms with Crippen molar-refractivity contribution in [3.63, 3.8) is 0 Å². The van der Waals surface area contributed by atoms with Crippen molar-refractivity contribution >= 4 is 11.9 Å². The van der Waals surface area contributed by atoms with Crippen molar-refractivity contribution in [2.45, 2.75) is 194 Å². The van der Waals surface area contributed by atoms with Crippen molar-refractivity contribution in [1.82, 2.24) is 0 Å². The molecule has 1 atom stereocenters. The number of carbonyl (C=O) groups is 2. The lowest BCUT2D eigenvalue weighted by molar-refractivity contribution is -0.162. The van der Waals surface area contributed by atoms with Gasteiger partial charge < -0.3 is 14.2 Å². The van der Waals surface area contributed by atoms with Gasteiger partial charge in [0.1, 0.15) is 6.61 Å². The molecule has 0 aliphatic heterocycles. The molecule has 0 bridgehead atoms. The van der Waals surface area contributed by atoms with Gasteiger partial charge in [-0.25, -0.2) is 0 Å². The quantitative estimate of drug-likeness (QED) is 0.0348. The summed E-state index contributed by atoms with van der Waals surface area (Å²) in [6, 6.07) is 0. The second kappa shape index (κ2) is 49.7. The van der Waals surface area contributed by atoms with E-state index in [0.29, 0.717) is 13.0 Å². The first-order valence-electron chi connectivity index (χ1n) is 24.1. The summed E-state index contributed by atoms with van der Waals surface area (Å²) in [6.45, 7) is 7.32. The van der Waals surface area contributed by atoms with E-state index < -0.39 is 6.10 Å². The molecule has 0 spiro atoms. The normalized spacial score (nSPS) is 13.3. The number of ether oxygens (including phenoxy) is 3. The largest absolute Gasteiger partial charge is 0.461 e. The predicted octanol–water partition coefficient (Wildman–Crippen LogP) is 16.2. The molecule has 0 fully saturated rings. The fourth-order valence-corrected chi connectivity index (χ4v) is 5.99. The Kier molecular flexibility index (Phi) is 46.6. The number of rotatable bonds is 42. The van der Waals surface area contributed by atoms with Crippen LogP contribution < -0.4 is 0 Å². The van der Waals surface area contributed by atoms with E-state index in [1.54, 1.807) is 0 Å². The van der Waals surface area contributed by atoms with Crippen molar-refractivity contribution < 1.29 is 23.8 Å². The third kappa shape index (κ3) is 47.0. The predicted molar refractivity (Wildman–Crippen MR) is 260 cm³/mol. The summed E-state index contributed by atoms with van der Waals surface area (Å²) in [5, 5.41) is 0. The maximum Gasteiger partial charge on any atom is 0.309 e. The van der Waals surface area contributed by atoms with Crippen LogP contribution >= 0.6 is 0 Å². The van der Waals surface area contributed by atoms with Crippen LogP contribution in [0.1, 0.15) is 188 Å². The lowest BCUT2D eigenvalue weighted by Gasteiger charge is -2.18. The van der Waals surface area contributed by atoms with Crippen molar-refractivity contribution in [3.8, 4) is 0 Å². The van der Waals surface area contributed by atoms with E-state index in [2.05, 4.69) is 130 Å².